The monoisotopic (exact) mass is 396 g/mol. The van der Waals surface area contributed by atoms with Crippen molar-refractivity contribution in [1.82, 2.24) is 14.3 Å². The second-order valence-electron chi connectivity index (χ2n) is 5.94. The summed E-state index contributed by atoms with van der Waals surface area (Å²) in [7, 11) is 1.79. The molecule has 0 bridgehead atoms. The van der Waals surface area contributed by atoms with E-state index in [1.165, 1.54) is 16.0 Å². The minimum Gasteiger partial charge on any atom is -0.314 e. The fraction of sp³-hybridized carbons (Fsp3) is 0.105. The highest BCUT2D eigenvalue weighted by Crippen LogP contribution is 2.26. The number of nitrogens with one attached hydrogen (secondary N) is 1. The van der Waals surface area contributed by atoms with Crippen molar-refractivity contribution < 1.29 is 4.79 Å². The molecule has 4 rings (SSSR count). The number of nitrogens with zero attached hydrogens (tertiary/aromatic N) is 3. The molecular weight excluding hydrogens is 380 g/mol. The molecule has 8 heteroatoms. The first-order valence-electron chi connectivity index (χ1n) is 8.19. The number of rotatable bonds is 4. The van der Waals surface area contributed by atoms with E-state index in [-0.39, 0.29) is 11.2 Å². The van der Waals surface area contributed by atoms with E-state index in [4.69, 9.17) is 0 Å². The molecule has 0 fully saturated rings. The first-order chi connectivity index (χ1) is 13.1. The van der Waals surface area contributed by atoms with Gasteiger partial charge in [0.15, 0.2) is 0 Å². The van der Waals surface area contributed by atoms with Gasteiger partial charge in [-0.05, 0) is 30.5 Å². The molecule has 1 N–H and O–H groups in total. The summed E-state index contributed by atoms with van der Waals surface area (Å²) in [6.45, 7) is 1.80. The summed E-state index contributed by atoms with van der Waals surface area (Å²) in [4.78, 5) is 29.9. The third kappa shape index (κ3) is 3.13. The zero-order valence-corrected chi connectivity index (χ0v) is 16.3. The molecule has 0 saturated carbocycles. The van der Waals surface area contributed by atoms with Gasteiger partial charge in [0, 0.05) is 23.4 Å². The third-order valence-electron chi connectivity index (χ3n) is 4.30. The van der Waals surface area contributed by atoms with E-state index >= 15 is 0 Å². The summed E-state index contributed by atoms with van der Waals surface area (Å²) in [5, 5.41) is 9.18. The van der Waals surface area contributed by atoms with Crippen LogP contribution in [0.5, 0.6) is 0 Å². The predicted molar refractivity (Wildman–Crippen MR) is 109 cm³/mol. The van der Waals surface area contributed by atoms with E-state index in [1.807, 2.05) is 47.2 Å². The standard InChI is InChI=1S/C19H16N4O2S2/c1-12-16(19(25)23(22(12)2)14-6-4-3-5-7-14)21-17(24)15-11-27-18(20-15)13-8-9-26-10-13/h3-11H,1-2H3,(H,21,24). The van der Waals surface area contributed by atoms with E-state index in [2.05, 4.69) is 10.3 Å². The number of benzene rings is 1. The molecule has 1 amide bonds. The number of thiophene rings is 1. The van der Waals surface area contributed by atoms with Crippen LogP contribution in [0.4, 0.5) is 5.69 Å². The molecule has 0 aliphatic carbocycles. The Balaban J connectivity index is 1.65. The fourth-order valence-electron chi connectivity index (χ4n) is 2.79. The van der Waals surface area contributed by atoms with Crippen molar-refractivity contribution in [2.75, 3.05) is 5.32 Å². The minimum absolute atomic E-state index is 0.261. The SMILES string of the molecule is Cc1c(NC(=O)c2csc(-c3ccsc3)n2)c(=O)n(-c2ccccc2)n1C. The lowest BCUT2D eigenvalue weighted by atomic mass is 10.3. The Kier molecular flexibility index (Phi) is 4.51. The Hall–Kier alpha value is -2.97. The number of aromatic nitrogens is 3. The maximum atomic E-state index is 12.9. The van der Waals surface area contributed by atoms with Crippen molar-refractivity contribution in [3.05, 3.63) is 74.3 Å². The molecular formula is C19H16N4O2S2. The second kappa shape index (κ2) is 6.98. The van der Waals surface area contributed by atoms with Gasteiger partial charge in [-0.25, -0.2) is 9.67 Å². The van der Waals surface area contributed by atoms with Gasteiger partial charge in [0.2, 0.25) is 0 Å². The first kappa shape index (κ1) is 17.4. The van der Waals surface area contributed by atoms with Gasteiger partial charge in [0.25, 0.3) is 11.5 Å². The Morgan fingerprint density at radius 1 is 1.15 bits per heavy atom. The molecule has 4 aromatic rings. The Labute approximate surface area is 163 Å². The molecule has 0 unspecified atom stereocenters. The van der Waals surface area contributed by atoms with Gasteiger partial charge >= 0.3 is 0 Å². The minimum atomic E-state index is -0.390. The fourth-order valence-corrected chi connectivity index (χ4v) is 4.30. The molecule has 0 aliphatic heterocycles. The molecule has 136 valence electrons. The molecule has 6 nitrogen and oxygen atoms in total. The largest absolute Gasteiger partial charge is 0.314 e. The summed E-state index contributed by atoms with van der Waals surface area (Å²) in [5.41, 5.74) is 2.69. The highest BCUT2D eigenvalue weighted by Gasteiger charge is 2.20. The second-order valence-corrected chi connectivity index (χ2v) is 7.58. The Bertz CT molecular complexity index is 1150. The van der Waals surface area contributed by atoms with Gasteiger partial charge in [0.05, 0.1) is 11.4 Å². The quantitative estimate of drug-likeness (QED) is 0.568. The van der Waals surface area contributed by atoms with Gasteiger partial charge in [-0.15, -0.1) is 11.3 Å². The molecule has 0 radical (unpaired) electrons. The smallest absolute Gasteiger partial charge is 0.295 e. The van der Waals surface area contributed by atoms with Gasteiger partial charge < -0.3 is 5.32 Å². The number of anilines is 1. The van der Waals surface area contributed by atoms with Crippen LogP contribution in [0.15, 0.2) is 57.3 Å². The molecule has 1 aromatic carbocycles. The van der Waals surface area contributed by atoms with Gasteiger partial charge in [-0.2, -0.15) is 11.3 Å². The number of carbonyl (C=O) groups is 1. The zero-order valence-electron chi connectivity index (χ0n) is 14.7. The molecule has 0 saturated heterocycles. The van der Waals surface area contributed by atoms with E-state index < -0.39 is 5.91 Å². The molecule has 3 aromatic heterocycles. The molecule has 0 spiro atoms. The maximum Gasteiger partial charge on any atom is 0.295 e. The van der Waals surface area contributed by atoms with Crippen molar-refractivity contribution in [1.29, 1.82) is 0 Å². The summed E-state index contributed by atoms with van der Waals surface area (Å²) in [6, 6.07) is 11.3. The average Bonchev–Trinajstić information content (AvgIpc) is 3.40. The number of amides is 1. The average molecular weight is 396 g/mol. The van der Waals surface area contributed by atoms with Crippen LogP contribution in [-0.4, -0.2) is 20.3 Å². The molecule has 0 atom stereocenters. The summed E-state index contributed by atoms with van der Waals surface area (Å²) in [6.07, 6.45) is 0. The van der Waals surface area contributed by atoms with E-state index in [1.54, 1.807) is 35.4 Å². The van der Waals surface area contributed by atoms with E-state index in [9.17, 15) is 9.59 Å². The maximum absolute atomic E-state index is 12.9. The highest BCUT2D eigenvalue weighted by molar-refractivity contribution is 7.14. The van der Waals surface area contributed by atoms with E-state index in [0.717, 1.165) is 16.3 Å². The number of carbonyl (C=O) groups excluding carboxylic acids is 1. The van der Waals surface area contributed by atoms with Gasteiger partial charge in [-0.1, -0.05) is 18.2 Å². The number of hydrogen-bond donors (Lipinski definition) is 1. The lowest BCUT2D eigenvalue weighted by Gasteiger charge is -2.07. The van der Waals surface area contributed by atoms with Crippen molar-refractivity contribution in [2.45, 2.75) is 6.92 Å². The van der Waals surface area contributed by atoms with Gasteiger partial charge in [-0.3, -0.25) is 14.3 Å². The molecule has 0 aliphatic rings. The third-order valence-corrected chi connectivity index (χ3v) is 5.87. The number of hydrogen-bond acceptors (Lipinski definition) is 5. The van der Waals surface area contributed by atoms with E-state index in [0.29, 0.717) is 11.4 Å². The lowest BCUT2D eigenvalue weighted by Crippen LogP contribution is -2.23. The number of para-hydroxylation sites is 1. The van der Waals surface area contributed by atoms with Crippen molar-refractivity contribution in [3.8, 4) is 16.3 Å². The highest BCUT2D eigenvalue weighted by atomic mass is 32.1. The van der Waals surface area contributed by atoms with Crippen LogP contribution in [0, 0.1) is 6.92 Å². The zero-order chi connectivity index (χ0) is 19.0. The predicted octanol–water partition coefficient (Wildman–Crippen LogP) is 3.92. The van der Waals surface area contributed by atoms with Crippen LogP contribution >= 0.6 is 22.7 Å². The lowest BCUT2D eigenvalue weighted by molar-refractivity contribution is 0.102. The van der Waals surface area contributed by atoms with Crippen molar-refractivity contribution in [2.24, 2.45) is 7.05 Å². The molecule has 27 heavy (non-hydrogen) atoms. The van der Waals surface area contributed by atoms with Gasteiger partial charge in [0.1, 0.15) is 16.4 Å². The van der Waals surface area contributed by atoms with Crippen LogP contribution in [0.1, 0.15) is 16.2 Å². The van der Waals surface area contributed by atoms with Crippen LogP contribution in [0.2, 0.25) is 0 Å². The van der Waals surface area contributed by atoms with Crippen LogP contribution in [0.25, 0.3) is 16.3 Å². The normalized spacial score (nSPS) is 10.9. The number of thiazole rings is 1. The molecule has 3 heterocycles. The van der Waals surface area contributed by atoms with Crippen molar-refractivity contribution in [3.63, 3.8) is 0 Å². The first-order valence-corrected chi connectivity index (χ1v) is 10.0. The van der Waals surface area contributed by atoms with Crippen LogP contribution < -0.4 is 10.9 Å². The Morgan fingerprint density at radius 3 is 2.63 bits per heavy atom. The topological polar surface area (TPSA) is 68.9 Å². The summed E-state index contributed by atoms with van der Waals surface area (Å²) < 4.78 is 3.26. The van der Waals surface area contributed by atoms with Crippen molar-refractivity contribution >= 4 is 34.3 Å². The summed E-state index contributed by atoms with van der Waals surface area (Å²) >= 11 is 2.99. The van der Waals surface area contributed by atoms with Crippen LogP contribution in [-0.2, 0) is 7.05 Å². The van der Waals surface area contributed by atoms with Crippen LogP contribution in [0.3, 0.4) is 0 Å². The summed E-state index contributed by atoms with van der Waals surface area (Å²) in [5.74, 6) is -0.390. The Morgan fingerprint density at radius 2 is 1.93 bits per heavy atom.